The molecule has 2 fully saturated rings. The van der Waals surface area contributed by atoms with Gasteiger partial charge < -0.3 is 10.6 Å². The second-order valence-electron chi connectivity index (χ2n) is 6.65. The molecule has 1 aliphatic heterocycles. The van der Waals surface area contributed by atoms with Gasteiger partial charge in [-0.3, -0.25) is 19.3 Å². The first-order chi connectivity index (χ1) is 11.9. The topological polar surface area (TPSA) is 95.6 Å². The number of ketones is 1. The number of amides is 4. The predicted octanol–water partition coefficient (Wildman–Crippen LogP) is 2.08. The molecule has 0 radical (unpaired) electrons. The van der Waals surface area contributed by atoms with Gasteiger partial charge in [0.25, 0.3) is 5.91 Å². The van der Waals surface area contributed by atoms with E-state index in [2.05, 4.69) is 10.6 Å². The maximum absolute atomic E-state index is 12.6. The first-order valence-electron chi connectivity index (χ1n) is 8.46. The van der Waals surface area contributed by atoms with Crippen LogP contribution in [0.1, 0.15) is 49.4 Å². The van der Waals surface area contributed by atoms with Gasteiger partial charge in [-0.1, -0.05) is 19.3 Å². The summed E-state index contributed by atoms with van der Waals surface area (Å²) in [6, 6.07) is 5.95. The number of anilines is 1. The molecule has 1 saturated heterocycles. The molecule has 1 aromatic rings. The summed E-state index contributed by atoms with van der Waals surface area (Å²) in [7, 11) is 0. The fourth-order valence-corrected chi connectivity index (χ4v) is 3.45. The van der Waals surface area contributed by atoms with Crippen LogP contribution in [0.15, 0.2) is 24.3 Å². The molecule has 0 aromatic heterocycles. The Labute approximate surface area is 145 Å². The van der Waals surface area contributed by atoms with Crippen LogP contribution in [0.2, 0.25) is 0 Å². The van der Waals surface area contributed by atoms with E-state index in [1.54, 1.807) is 24.3 Å². The van der Waals surface area contributed by atoms with E-state index < -0.39 is 17.5 Å². The summed E-state index contributed by atoms with van der Waals surface area (Å²) in [6.07, 6.45) is 4.11. The third-order valence-electron chi connectivity index (χ3n) is 4.83. The molecule has 1 saturated carbocycles. The Morgan fingerprint density at radius 3 is 2.36 bits per heavy atom. The van der Waals surface area contributed by atoms with Gasteiger partial charge in [0.1, 0.15) is 12.1 Å². The first-order valence-corrected chi connectivity index (χ1v) is 8.46. The van der Waals surface area contributed by atoms with Gasteiger partial charge in [-0.05, 0) is 44.0 Å². The number of nitrogens with zero attached hydrogens (tertiary/aromatic N) is 1. The van der Waals surface area contributed by atoms with E-state index in [0.29, 0.717) is 24.1 Å². The Bertz CT molecular complexity index is 720. The Balaban J connectivity index is 1.63. The molecule has 1 heterocycles. The first kappa shape index (κ1) is 17.1. The molecular formula is C18H21N3O4. The second kappa shape index (κ2) is 6.66. The van der Waals surface area contributed by atoms with Gasteiger partial charge in [-0.25, -0.2) is 4.79 Å². The summed E-state index contributed by atoms with van der Waals surface area (Å²) in [5.41, 5.74) is 0.236. The van der Waals surface area contributed by atoms with Crippen molar-refractivity contribution in [1.29, 1.82) is 0 Å². The number of Topliss-reactive ketones (excluding diaryl/α,β-unsaturated/α-hetero) is 1. The van der Waals surface area contributed by atoms with E-state index in [4.69, 9.17) is 0 Å². The number of benzene rings is 1. The minimum absolute atomic E-state index is 0.0602. The van der Waals surface area contributed by atoms with Crippen LogP contribution in [-0.4, -0.2) is 40.6 Å². The summed E-state index contributed by atoms with van der Waals surface area (Å²) in [6.45, 7) is 1.15. The highest BCUT2D eigenvalue weighted by Gasteiger charge is 2.51. The number of hydrogen-bond acceptors (Lipinski definition) is 4. The second-order valence-corrected chi connectivity index (χ2v) is 6.65. The van der Waals surface area contributed by atoms with E-state index in [9.17, 15) is 19.2 Å². The van der Waals surface area contributed by atoms with Crippen molar-refractivity contribution in [3.63, 3.8) is 0 Å². The standard InChI is InChI=1S/C18H21N3O4/c1-12(22)13-5-7-14(8-6-13)19-15(23)11-21-16(24)18(20-17(21)25)9-3-2-4-10-18/h5-8H,2-4,9-11H2,1H3,(H,19,23)(H,20,25). The van der Waals surface area contributed by atoms with Crippen LogP contribution in [-0.2, 0) is 9.59 Å². The quantitative estimate of drug-likeness (QED) is 0.646. The van der Waals surface area contributed by atoms with Crippen LogP contribution in [0.25, 0.3) is 0 Å². The largest absolute Gasteiger partial charge is 0.325 e. The fraction of sp³-hybridized carbons (Fsp3) is 0.444. The van der Waals surface area contributed by atoms with Crippen LogP contribution in [0.4, 0.5) is 10.5 Å². The number of imide groups is 1. The molecule has 0 bridgehead atoms. The number of nitrogens with one attached hydrogen (secondary N) is 2. The minimum Gasteiger partial charge on any atom is -0.325 e. The Hall–Kier alpha value is -2.70. The number of rotatable bonds is 4. The fourth-order valence-electron chi connectivity index (χ4n) is 3.45. The molecule has 1 aromatic carbocycles. The van der Waals surface area contributed by atoms with E-state index >= 15 is 0 Å². The summed E-state index contributed by atoms with van der Waals surface area (Å²) in [5, 5.41) is 5.42. The minimum atomic E-state index is -0.821. The summed E-state index contributed by atoms with van der Waals surface area (Å²) in [5.74, 6) is -0.818. The zero-order valence-electron chi connectivity index (χ0n) is 14.1. The van der Waals surface area contributed by atoms with Crippen molar-refractivity contribution >= 4 is 29.3 Å². The van der Waals surface area contributed by atoms with Crippen LogP contribution in [0.3, 0.4) is 0 Å². The van der Waals surface area contributed by atoms with Gasteiger partial charge in [0.05, 0.1) is 0 Å². The molecular weight excluding hydrogens is 322 g/mol. The lowest BCUT2D eigenvalue weighted by Gasteiger charge is -2.30. The maximum atomic E-state index is 12.6. The van der Waals surface area contributed by atoms with Gasteiger partial charge in [0, 0.05) is 11.3 Å². The van der Waals surface area contributed by atoms with Crippen molar-refractivity contribution in [1.82, 2.24) is 10.2 Å². The predicted molar refractivity (Wildman–Crippen MR) is 91.1 cm³/mol. The van der Waals surface area contributed by atoms with E-state index in [1.165, 1.54) is 6.92 Å². The van der Waals surface area contributed by atoms with Gasteiger partial charge >= 0.3 is 6.03 Å². The Morgan fingerprint density at radius 1 is 1.12 bits per heavy atom. The number of carbonyl (C=O) groups is 4. The highest BCUT2D eigenvalue weighted by atomic mass is 16.2. The average molecular weight is 343 g/mol. The molecule has 2 N–H and O–H groups in total. The van der Waals surface area contributed by atoms with Crippen LogP contribution in [0.5, 0.6) is 0 Å². The molecule has 1 spiro atoms. The van der Waals surface area contributed by atoms with Gasteiger partial charge in [0.2, 0.25) is 5.91 Å². The van der Waals surface area contributed by atoms with Crippen LogP contribution < -0.4 is 10.6 Å². The molecule has 132 valence electrons. The zero-order valence-corrected chi connectivity index (χ0v) is 14.1. The molecule has 0 atom stereocenters. The van der Waals surface area contributed by atoms with E-state index in [1.807, 2.05) is 0 Å². The molecule has 0 unspecified atom stereocenters. The SMILES string of the molecule is CC(=O)c1ccc(NC(=O)CN2C(=O)NC3(CCCCC3)C2=O)cc1. The summed E-state index contributed by atoms with van der Waals surface area (Å²) in [4.78, 5) is 49.2. The molecule has 25 heavy (non-hydrogen) atoms. The smallest absolute Gasteiger partial charge is 0.325 e. The third-order valence-corrected chi connectivity index (χ3v) is 4.83. The third kappa shape index (κ3) is 3.40. The normalized spacial score (nSPS) is 19.0. The molecule has 7 nitrogen and oxygen atoms in total. The van der Waals surface area contributed by atoms with Crippen molar-refractivity contribution in [2.75, 3.05) is 11.9 Å². The summed E-state index contributed by atoms with van der Waals surface area (Å²) < 4.78 is 0. The number of hydrogen-bond donors (Lipinski definition) is 2. The lowest BCUT2D eigenvalue weighted by Crippen LogP contribution is -2.48. The average Bonchev–Trinajstić information content (AvgIpc) is 2.80. The van der Waals surface area contributed by atoms with E-state index in [-0.39, 0.29) is 18.2 Å². The number of carbonyl (C=O) groups excluding carboxylic acids is 4. The molecule has 2 aliphatic rings. The molecule has 1 aliphatic carbocycles. The lowest BCUT2D eigenvalue weighted by molar-refractivity contribution is -0.134. The van der Waals surface area contributed by atoms with Crippen molar-refractivity contribution in [3.05, 3.63) is 29.8 Å². The lowest BCUT2D eigenvalue weighted by atomic mass is 9.82. The van der Waals surface area contributed by atoms with Crippen molar-refractivity contribution < 1.29 is 19.2 Å². The van der Waals surface area contributed by atoms with Crippen molar-refractivity contribution in [2.45, 2.75) is 44.6 Å². The van der Waals surface area contributed by atoms with Crippen LogP contribution >= 0.6 is 0 Å². The van der Waals surface area contributed by atoms with Gasteiger partial charge in [0.15, 0.2) is 5.78 Å². The van der Waals surface area contributed by atoms with Gasteiger partial charge in [-0.15, -0.1) is 0 Å². The Kier molecular flexibility index (Phi) is 4.57. The highest BCUT2D eigenvalue weighted by Crippen LogP contribution is 2.33. The van der Waals surface area contributed by atoms with Crippen molar-refractivity contribution in [3.8, 4) is 0 Å². The van der Waals surface area contributed by atoms with E-state index in [0.717, 1.165) is 24.2 Å². The number of urea groups is 1. The monoisotopic (exact) mass is 343 g/mol. The van der Waals surface area contributed by atoms with Crippen LogP contribution in [0, 0.1) is 0 Å². The summed E-state index contributed by atoms with van der Waals surface area (Å²) >= 11 is 0. The highest BCUT2D eigenvalue weighted by molar-refractivity contribution is 6.10. The molecule has 7 heteroatoms. The van der Waals surface area contributed by atoms with Gasteiger partial charge in [-0.2, -0.15) is 0 Å². The van der Waals surface area contributed by atoms with Crippen molar-refractivity contribution in [2.24, 2.45) is 0 Å². The molecule has 4 amide bonds. The zero-order chi connectivity index (χ0) is 18.0. The molecule has 3 rings (SSSR count). The Morgan fingerprint density at radius 2 is 1.76 bits per heavy atom. The maximum Gasteiger partial charge on any atom is 0.325 e.